The third-order valence-electron chi connectivity index (χ3n) is 6.11. The van der Waals surface area contributed by atoms with Crippen LogP contribution in [0.2, 0.25) is 0 Å². The molecule has 13 heteroatoms. The highest BCUT2D eigenvalue weighted by atomic mass is 32.2. The lowest BCUT2D eigenvalue weighted by Gasteiger charge is -2.29. The molecule has 1 saturated heterocycles. The van der Waals surface area contributed by atoms with Gasteiger partial charge in [0.25, 0.3) is 0 Å². The summed E-state index contributed by atoms with van der Waals surface area (Å²) in [6, 6.07) is 12.5. The van der Waals surface area contributed by atoms with Gasteiger partial charge in [0.2, 0.25) is 5.91 Å². The molecule has 0 radical (unpaired) electrons. The van der Waals surface area contributed by atoms with Crippen LogP contribution in [-0.4, -0.2) is 89.3 Å². The fourth-order valence-electron chi connectivity index (χ4n) is 4.01. The molecular formula is C26H33N3O8S2. The van der Waals surface area contributed by atoms with E-state index in [0.717, 1.165) is 0 Å². The monoisotopic (exact) mass is 579 g/mol. The Balaban J connectivity index is 1.75. The zero-order chi connectivity index (χ0) is 28.5. The van der Waals surface area contributed by atoms with Crippen LogP contribution < -0.4 is 10.6 Å². The third kappa shape index (κ3) is 9.15. The number of hydrogen-bond acceptors (Lipinski definition) is 8. The first-order valence-corrected chi connectivity index (χ1v) is 16.0. The molecule has 2 aromatic carbocycles. The standard InChI is InChI=1S/C26H33N3O8S2/c1-2-22(24(30)19-39(35,36)21-11-7-4-8-12-21)27-25(31)23(28-26(32)29-13-15-37-16-14-29)18-38(33,34)17-20-9-5-3-6-10-20/h3-12,22-23H,2,13-19H2,1H3,(H,27,31)(H,28,32)/t22-,23-/m0/s1. The number of urea groups is 1. The van der Waals surface area contributed by atoms with Crippen molar-refractivity contribution in [2.45, 2.75) is 36.1 Å². The lowest BCUT2D eigenvalue weighted by Crippen LogP contribution is -2.57. The molecule has 1 aliphatic heterocycles. The molecule has 11 nitrogen and oxygen atoms in total. The van der Waals surface area contributed by atoms with E-state index in [1.165, 1.54) is 29.2 Å². The van der Waals surface area contributed by atoms with Crippen LogP contribution in [0.5, 0.6) is 0 Å². The number of amides is 3. The molecule has 2 atom stereocenters. The van der Waals surface area contributed by atoms with Gasteiger partial charge in [-0.1, -0.05) is 55.5 Å². The smallest absolute Gasteiger partial charge is 0.318 e. The van der Waals surface area contributed by atoms with Crippen molar-refractivity contribution in [1.82, 2.24) is 15.5 Å². The lowest BCUT2D eigenvalue weighted by molar-refractivity contribution is -0.127. The molecule has 2 aromatic rings. The number of nitrogens with zero attached hydrogens (tertiary/aromatic N) is 1. The van der Waals surface area contributed by atoms with Crippen molar-refractivity contribution in [3.05, 3.63) is 66.2 Å². The molecule has 1 fully saturated rings. The second-order valence-electron chi connectivity index (χ2n) is 9.15. The van der Waals surface area contributed by atoms with Gasteiger partial charge in [-0.2, -0.15) is 0 Å². The van der Waals surface area contributed by atoms with Crippen LogP contribution in [0, 0.1) is 0 Å². The summed E-state index contributed by atoms with van der Waals surface area (Å²) in [7, 11) is -7.83. The van der Waals surface area contributed by atoms with Crippen LogP contribution in [-0.2, 0) is 39.8 Å². The molecule has 0 aromatic heterocycles. The fraction of sp³-hybridized carbons (Fsp3) is 0.423. The van der Waals surface area contributed by atoms with Gasteiger partial charge in [-0.3, -0.25) is 9.59 Å². The minimum atomic E-state index is -3.95. The van der Waals surface area contributed by atoms with Gasteiger partial charge in [-0.05, 0) is 24.1 Å². The van der Waals surface area contributed by atoms with E-state index in [4.69, 9.17) is 4.74 Å². The van der Waals surface area contributed by atoms with E-state index in [9.17, 15) is 31.2 Å². The number of Topliss-reactive ketones (excluding diaryl/α,β-unsaturated/α-hetero) is 1. The summed E-state index contributed by atoms with van der Waals surface area (Å²) in [4.78, 5) is 40.4. The fourth-order valence-corrected chi connectivity index (χ4v) is 6.89. The van der Waals surface area contributed by atoms with Gasteiger partial charge >= 0.3 is 6.03 Å². The van der Waals surface area contributed by atoms with E-state index in [1.54, 1.807) is 43.3 Å². The molecule has 1 heterocycles. The van der Waals surface area contributed by atoms with Crippen LogP contribution in [0.3, 0.4) is 0 Å². The van der Waals surface area contributed by atoms with Gasteiger partial charge in [-0.25, -0.2) is 21.6 Å². The second kappa shape index (κ2) is 13.7. The highest BCUT2D eigenvalue weighted by Crippen LogP contribution is 2.13. The number of nitrogens with one attached hydrogen (secondary N) is 2. The molecule has 0 unspecified atom stereocenters. The first-order chi connectivity index (χ1) is 18.5. The topological polar surface area (TPSA) is 156 Å². The molecule has 39 heavy (non-hydrogen) atoms. The van der Waals surface area contributed by atoms with Crippen LogP contribution >= 0.6 is 0 Å². The first-order valence-electron chi connectivity index (χ1n) is 12.5. The van der Waals surface area contributed by atoms with Crippen molar-refractivity contribution < 1.29 is 36.0 Å². The summed E-state index contributed by atoms with van der Waals surface area (Å²) in [5.41, 5.74) is 0.517. The van der Waals surface area contributed by atoms with Crippen molar-refractivity contribution in [3.63, 3.8) is 0 Å². The van der Waals surface area contributed by atoms with Gasteiger partial charge in [0.05, 0.1) is 35.7 Å². The van der Waals surface area contributed by atoms with E-state index in [0.29, 0.717) is 18.8 Å². The van der Waals surface area contributed by atoms with E-state index < -0.39 is 61.0 Å². The maximum atomic E-state index is 13.3. The highest BCUT2D eigenvalue weighted by molar-refractivity contribution is 7.92. The van der Waals surface area contributed by atoms with Crippen LogP contribution in [0.4, 0.5) is 4.79 Å². The van der Waals surface area contributed by atoms with Gasteiger partial charge in [0, 0.05) is 13.1 Å². The molecule has 3 amide bonds. The van der Waals surface area contributed by atoms with Crippen molar-refractivity contribution in [3.8, 4) is 0 Å². The van der Waals surface area contributed by atoms with Crippen molar-refractivity contribution in [1.29, 1.82) is 0 Å². The third-order valence-corrected chi connectivity index (χ3v) is 9.38. The van der Waals surface area contributed by atoms with Crippen LogP contribution in [0.15, 0.2) is 65.6 Å². The number of ketones is 1. The molecule has 0 spiro atoms. The summed E-state index contributed by atoms with van der Waals surface area (Å²) < 4.78 is 56.6. The Morgan fingerprint density at radius 3 is 2.05 bits per heavy atom. The number of rotatable bonds is 12. The maximum absolute atomic E-state index is 13.3. The lowest BCUT2D eigenvalue weighted by atomic mass is 10.1. The molecule has 0 saturated carbocycles. The van der Waals surface area contributed by atoms with Gasteiger partial charge in [0.1, 0.15) is 11.8 Å². The normalized spacial score (nSPS) is 15.7. The minimum Gasteiger partial charge on any atom is -0.378 e. The highest BCUT2D eigenvalue weighted by Gasteiger charge is 2.33. The molecule has 212 valence electrons. The average Bonchev–Trinajstić information content (AvgIpc) is 2.92. The number of morpholine rings is 1. The zero-order valence-electron chi connectivity index (χ0n) is 21.6. The van der Waals surface area contributed by atoms with E-state index in [2.05, 4.69) is 10.6 Å². The molecule has 2 N–H and O–H groups in total. The Morgan fingerprint density at radius 1 is 0.872 bits per heavy atom. The number of benzene rings is 2. The number of carbonyl (C=O) groups excluding carboxylic acids is 3. The predicted octanol–water partition coefficient (Wildman–Crippen LogP) is 0.950. The van der Waals surface area contributed by atoms with Crippen molar-refractivity contribution in [2.24, 2.45) is 0 Å². The number of sulfone groups is 2. The largest absolute Gasteiger partial charge is 0.378 e. The Labute approximate surface area is 228 Å². The molecular weight excluding hydrogens is 546 g/mol. The van der Waals surface area contributed by atoms with Gasteiger partial charge in [-0.15, -0.1) is 0 Å². The maximum Gasteiger partial charge on any atom is 0.318 e. The van der Waals surface area contributed by atoms with Gasteiger partial charge in [0.15, 0.2) is 25.5 Å². The molecule has 1 aliphatic rings. The summed E-state index contributed by atoms with van der Waals surface area (Å²) in [5, 5.41) is 4.94. The Bertz CT molecular complexity index is 1340. The van der Waals surface area contributed by atoms with E-state index in [1.807, 2.05) is 0 Å². The van der Waals surface area contributed by atoms with E-state index in [-0.39, 0.29) is 30.2 Å². The quantitative estimate of drug-likeness (QED) is 0.377. The zero-order valence-corrected chi connectivity index (χ0v) is 23.2. The number of ether oxygens (including phenoxy) is 1. The summed E-state index contributed by atoms with van der Waals surface area (Å²) in [5.74, 6) is -3.55. The van der Waals surface area contributed by atoms with Crippen LogP contribution in [0.25, 0.3) is 0 Å². The van der Waals surface area contributed by atoms with Crippen LogP contribution in [0.1, 0.15) is 18.9 Å². The first kappa shape index (κ1) is 30.3. The average molecular weight is 580 g/mol. The SMILES string of the molecule is CC[C@H](NC(=O)[C@H](CS(=O)(=O)Cc1ccccc1)NC(=O)N1CCOCC1)C(=O)CS(=O)(=O)c1ccccc1. The Morgan fingerprint density at radius 2 is 1.46 bits per heavy atom. The molecule has 0 bridgehead atoms. The number of carbonyl (C=O) groups is 3. The van der Waals surface area contributed by atoms with Crippen molar-refractivity contribution >= 4 is 37.4 Å². The summed E-state index contributed by atoms with van der Waals surface area (Å²) in [6.07, 6.45) is 0.0653. The second-order valence-corrected chi connectivity index (χ2v) is 13.2. The minimum absolute atomic E-state index is 0.0258. The molecule has 3 rings (SSSR count). The Hall–Kier alpha value is -3.29. The molecule has 0 aliphatic carbocycles. The summed E-state index contributed by atoms with van der Waals surface area (Å²) in [6.45, 7) is 2.73. The van der Waals surface area contributed by atoms with Gasteiger partial charge < -0.3 is 20.3 Å². The van der Waals surface area contributed by atoms with E-state index >= 15 is 0 Å². The number of hydrogen-bond donors (Lipinski definition) is 2. The van der Waals surface area contributed by atoms with Crippen molar-refractivity contribution in [2.75, 3.05) is 37.8 Å². The predicted molar refractivity (Wildman–Crippen MR) is 144 cm³/mol. The summed E-state index contributed by atoms with van der Waals surface area (Å²) >= 11 is 0. The Kier molecular flexibility index (Phi) is 10.6.